The minimum absolute atomic E-state index is 0.0889. The third kappa shape index (κ3) is 5.19. The number of carbonyl (C=O) groups is 2. The first-order chi connectivity index (χ1) is 9.54. The van der Waals surface area contributed by atoms with Gasteiger partial charge in [-0.3, -0.25) is 4.79 Å². The minimum Gasteiger partial charge on any atom is -0.478 e. The normalized spacial score (nSPS) is 10.7. The van der Waals surface area contributed by atoms with E-state index < -0.39 is 17.7 Å². The number of benzene rings is 1. The number of ether oxygens (including phenoxy) is 1. The van der Waals surface area contributed by atoms with Crippen molar-refractivity contribution in [2.45, 2.75) is 6.92 Å². The molecule has 20 heavy (non-hydrogen) atoms. The summed E-state index contributed by atoms with van der Waals surface area (Å²) in [4.78, 5) is 22.0. The zero-order valence-corrected chi connectivity index (χ0v) is 11.1. The second-order valence-corrected chi connectivity index (χ2v) is 3.86. The van der Waals surface area contributed by atoms with Gasteiger partial charge >= 0.3 is 5.97 Å². The molecule has 0 saturated carbocycles. The number of carbonyl (C=O) groups excluding carboxylic acids is 1. The van der Waals surface area contributed by atoms with Gasteiger partial charge in [-0.25, -0.2) is 9.18 Å². The van der Waals surface area contributed by atoms with Crippen LogP contribution in [0.3, 0.4) is 0 Å². The molecule has 1 aromatic carbocycles. The van der Waals surface area contributed by atoms with Gasteiger partial charge in [0, 0.05) is 19.2 Å². The molecular weight excluding hydrogens is 265 g/mol. The summed E-state index contributed by atoms with van der Waals surface area (Å²) in [6.07, 6.45) is 2.15. The Morgan fingerprint density at radius 2 is 2.20 bits per heavy atom. The summed E-state index contributed by atoms with van der Waals surface area (Å²) in [6.45, 7) is 3.05. The highest BCUT2D eigenvalue weighted by Crippen LogP contribution is 2.11. The van der Waals surface area contributed by atoms with Crippen LogP contribution in [0.25, 0.3) is 6.08 Å². The third-order valence-electron chi connectivity index (χ3n) is 2.39. The predicted octanol–water partition coefficient (Wildman–Crippen LogP) is 1.69. The number of carboxylic acid groups (broad SMARTS) is 1. The van der Waals surface area contributed by atoms with Crippen molar-refractivity contribution in [3.05, 3.63) is 41.2 Å². The SMILES string of the molecule is CCOCCNC(=O)c1ccc(C=CC(=O)O)cc1F. The summed E-state index contributed by atoms with van der Waals surface area (Å²) in [5, 5.41) is 11.0. The van der Waals surface area contributed by atoms with Crippen molar-refractivity contribution in [2.24, 2.45) is 0 Å². The molecule has 0 bridgehead atoms. The van der Waals surface area contributed by atoms with Crippen molar-refractivity contribution in [2.75, 3.05) is 19.8 Å². The molecule has 0 heterocycles. The largest absolute Gasteiger partial charge is 0.478 e. The van der Waals surface area contributed by atoms with Crippen molar-refractivity contribution in [1.82, 2.24) is 5.32 Å². The first kappa shape index (κ1) is 15.8. The molecule has 6 heteroatoms. The van der Waals surface area contributed by atoms with Gasteiger partial charge in [-0.2, -0.15) is 0 Å². The van der Waals surface area contributed by atoms with Crippen LogP contribution in [0.15, 0.2) is 24.3 Å². The van der Waals surface area contributed by atoms with E-state index in [1.165, 1.54) is 18.2 Å². The number of aliphatic carboxylic acids is 1. The Morgan fingerprint density at radius 3 is 2.80 bits per heavy atom. The fourth-order valence-corrected chi connectivity index (χ4v) is 1.46. The number of hydrogen-bond acceptors (Lipinski definition) is 3. The smallest absolute Gasteiger partial charge is 0.328 e. The molecule has 2 N–H and O–H groups in total. The highest BCUT2D eigenvalue weighted by Gasteiger charge is 2.11. The lowest BCUT2D eigenvalue weighted by Gasteiger charge is -2.06. The van der Waals surface area contributed by atoms with Crippen LogP contribution in [0.2, 0.25) is 0 Å². The van der Waals surface area contributed by atoms with E-state index in [1.807, 2.05) is 6.92 Å². The molecule has 0 aliphatic carbocycles. The summed E-state index contributed by atoms with van der Waals surface area (Å²) in [5.41, 5.74) is 0.282. The Hall–Kier alpha value is -2.21. The van der Waals surface area contributed by atoms with E-state index in [1.54, 1.807) is 0 Å². The van der Waals surface area contributed by atoms with Gasteiger partial charge in [0.1, 0.15) is 5.82 Å². The highest BCUT2D eigenvalue weighted by atomic mass is 19.1. The third-order valence-corrected chi connectivity index (χ3v) is 2.39. The van der Waals surface area contributed by atoms with Gasteiger partial charge in [0.2, 0.25) is 0 Å². The van der Waals surface area contributed by atoms with Crippen LogP contribution in [0.4, 0.5) is 4.39 Å². The maximum atomic E-state index is 13.7. The van der Waals surface area contributed by atoms with Crippen molar-refractivity contribution in [1.29, 1.82) is 0 Å². The zero-order chi connectivity index (χ0) is 15.0. The average Bonchev–Trinajstić information content (AvgIpc) is 2.41. The standard InChI is InChI=1S/C14H16FNO4/c1-2-20-8-7-16-14(19)11-5-3-10(9-12(11)15)4-6-13(17)18/h3-6,9H,2,7-8H2,1H3,(H,16,19)(H,17,18). The van der Waals surface area contributed by atoms with Crippen LogP contribution in [-0.4, -0.2) is 36.7 Å². The Balaban J connectivity index is 2.67. The van der Waals surface area contributed by atoms with Gasteiger partial charge in [-0.15, -0.1) is 0 Å². The second-order valence-electron chi connectivity index (χ2n) is 3.86. The number of amides is 1. The summed E-state index contributed by atoms with van der Waals surface area (Å²) >= 11 is 0. The Labute approximate surface area is 116 Å². The maximum absolute atomic E-state index is 13.7. The van der Waals surface area contributed by atoms with Gasteiger partial charge in [0.05, 0.1) is 12.2 Å². The van der Waals surface area contributed by atoms with Crippen molar-refractivity contribution < 1.29 is 23.8 Å². The van der Waals surface area contributed by atoms with E-state index >= 15 is 0 Å². The molecule has 0 atom stereocenters. The van der Waals surface area contributed by atoms with Gasteiger partial charge in [-0.1, -0.05) is 6.07 Å². The molecule has 0 aliphatic heterocycles. The number of carboxylic acids is 1. The number of rotatable bonds is 7. The Kier molecular flexibility index (Phi) is 6.39. The predicted molar refractivity (Wildman–Crippen MR) is 71.9 cm³/mol. The van der Waals surface area contributed by atoms with Crippen molar-refractivity contribution >= 4 is 18.0 Å². The molecule has 1 rings (SSSR count). The summed E-state index contributed by atoms with van der Waals surface area (Å²) in [5.74, 6) is -2.36. The first-order valence-electron chi connectivity index (χ1n) is 6.11. The summed E-state index contributed by atoms with van der Waals surface area (Å²) in [7, 11) is 0. The summed E-state index contributed by atoms with van der Waals surface area (Å²) in [6, 6.07) is 3.89. The highest BCUT2D eigenvalue weighted by molar-refractivity contribution is 5.94. The topological polar surface area (TPSA) is 75.6 Å². The molecular formula is C14H16FNO4. The molecule has 5 nitrogen and oxygen atoms in total. The van der Waals surface area contributed by atoms with E-state index in [0.717, 1.165) is 12.1 Å². The molecule has 0 fully saturated rings. The molecule has 0 spiro atoms. The number of nitrogens with one attached hydrogen (secondary N) is 1. The van der Waals surface area contributed by atoms with Crippen molar-refractivity contribution in [3.63, 3.8) is 0 Å². The van der Waals surface area contributed by atoms with E-state index in [2.05, 4.69) is 5.32 Å². The van der Waals surface area contributed by atoms with Gasteiger partial charge in [0.25, 0.3) is 5.91 Å². The number of halogens is 1. The average molecular weight is 281 g/mol. The van der Waals surface area contributed by atoms with Gasteiger partial charge in [0.15, 0.2) is 0 Å². The molecule has 1 aromatic rings. The molecule has 1 amide bonds. The Bertz CT molecular complexity index is 514. The zero-order valence-electron chi connectivity index (χ0n) is 11.1. The van der Waals surface area contributed by atoms with Crippen LogP contribution in [0.5, 0.6) is 0 Å². The lowest BCUT2D eigenvalue weighted by molar-refractivity contribution is -0.131. The fourth-order valence-electron chi connectivity index (χ4n) is 1.46. The van der Waals surface area contributed by atoms with Gasteiger partial charge < -0.3 is 15.2 Å². The minimum atomic E-state index is -1.12. The van der Waals surface area contributed by atoms with Crippen LogP contribution < -0.4 is 5.32 Å². The molecule has 0 aromatic heterocycles. The maximum Gasteiger partial charge on any atom is 0.328 e. The van der Waals surface area contributed by atoms with Crippen LogP contribution in [0.1, 0.15) is 22.8 Å². The molecule has 0 aliphatic rings. The van der Waals surface area contributed by atoms with E-state index in [4.69, 9.17) is 9.84 Å². The molecule has 108 valence electrons. The monoisotopic (exact) mass is 281 g/mol. The molecule has 0 unspecified atom stereocenters. The quantitative estimate of drug-likeness (QED) is 0.589. The lowest BCUT2D eigenvalue weighted by Crippen LogP contribution is -2.28. The summed E-state index contributed by atoms with van der Waals surface area (Å²) < 4.78 is 18.8. The van der Waals surface area contributed by atoms with E-state index in [0.29, 0.717) is 25.3 Å². The van der Waals surface area contributed by atoms with E-state index in [-0.39, 0.29) is 5.56 Å². The van der Waals surface area contributed by atoms with Crippen molar-refractivity contribution in [3.8, 4) is 0 Å². The molecule has 0 radical (unpaired) electrons. The lowest BCUT2D eigenvalue weighted by atomic mass is 10.1. The fraction of sp³-hybridized carbons (Fsp3) is 0.286. The number of hydrogen-bond donors (Lipinski definition) is 2. The van der Waals surface area contributed by atoms with E-state index in [9.17, 15) is 14.0 Å². The first-order valence-corrected chi connectivity index (χ1v) is 6.11. The van der Waals surface area contributed by atoms with Crippen LogP contribution >= 0.6 is 0 Å². The Morgan fingerprint density at radius 1 is 1.45 bits per heavy atom. The van der Waals surface area contributed by atoms with Crippen LogP contribution in [0, 0.1) is 5.82 Å². The van der Waals surface area contributed by atoms with Crippen LogP contribution in [-0.2, 0) is 9.53 Å². The molecule has 0 saturated heterocycles. The second kappa shape index (κ2) is 8.06. The van der Waals surface area contributed by atoms with Gasteiger partial charge in [-0.05, 0) is 30.7 Å².